The Morgan fingerprint density at radius 3 is 2.38 bits per heavy atom. The van der Waals surface area contributed by atoms with Crippen LogP contribution >= 0.6 is 0 Å². The summed E-state index contributed by atoms with van der Waals surface area (Å²) in [6, 6.07) is 9.11. The number of methoxy groups -OCH3 is 1. The zero-order valence-electron chi connectivity index (χ0n) is 15.8. The van der Waals surface area contributed by atoms with Crippen LogP contribution in [0.3, 0.4) is 0 Å². The minimum atomic E-state index is -4.58. The predicted octanol–water partition coefficient (Wildman–Crippen LogP) is 3.95. The van der Waals surface area contributed by atoms with Gasteiger partial charge in [0.2, 0.25) is 0 Å². The molecule has 156 valence electrons. The highest BCUT2D eigenvalue weighted by Crippen LogP contribution is 2.35. The topological polar surface area (TPSA) is 73.9 Å². The maximum absolute atomic E-state index is 13.0. The summed E-state index contributed by atoms with van der Waals surface area (Å²) >= 11 is 0. The maximum Gasteiger partial charge on any atom is 0.416 e. The average Bonchev–Trinajstić information content (AvgIpc) is 2.67. The molecule has 0 heterocycles. The van der Waals surface area contributed by atoms with Crippen LogP contribution in [0.25, 0.3) is 0 Å². The molecule has 0 aliphatic carbocycles. The third-order valence-corrected chi connectivity index (χ3v) is 3.75. The van der Waals surface area contributed by atoms with Crippen molar-refractivity contribution < 1.29 is 37.0 Å². The number of benzene rings is 2. The molecule has 0 atom stereocenters. The van der Waals surface area contributed by atoms with Crippen LogP contribution in [0.1, 0.15) is 22.8 Å². The monoisotopic (exact) mass is 411 g/mol. The number of nitrogens with one attached hydrogen (secondary N) is 1. The number of halogens is 3. The first kappa shape index (κ1) is 22.2. The molecule has 0 saturated heterocycles. The van der Waals surface area contributed by atoms with E-state index in [1.54, 1.807) is 18.2 Å². The highest BCUT2D eigenvalue weighted by atomic mass is 19.4. The average molecular weight is 411 g/mol. The number of alkyl halides is 3. The minimum absolute atomic E-state index is 0.0625. The molecule has 0 unspecified atom stereocenters. The van der Waals surface area contributed by atoms with Gasteiger partial charge < -0.3 is 19.5 Å². The Morgan fingerprint density at radius 1 is 1.00 bits per heavy atom. The third kappa shape index (κ3) is 6.49. The van der Waals surface area contributed by atoms with E-state index in [2.05, 4.69) is 5.32 Å². The number of para-hydroxylation sites is 1. The lowest BCUT2D eigenvalue weighted by Crippen LogP contribution is -2.22. The summed E-state index contributed by atoms with van der Waals surface area (Å²) in [5, 5.41) is 2.35. The van der Waals surface area contributed by atoms with Crippen LogP contribution in [0, 0.1) is 0 Å². The SMILES string of the molecule is COCCOc1ccc(C(F)(F)F)cc1NC(=O)COc1ccccc1C(C)=O. The van der Waals surface area contributed by atoms with Crippen LogP contribution < -0.4 is 14.8 Å². The molecule has 0 spiro atoms. The van der Waals surface area contributed by atoms with Gasteiger partial charge in [-0.15, -0.1) is 0 Å². The van der Waals surface area contributed by atoms with E-state index in [9.17, 15) is 22.8 Å². The van der Waals surface area contributed by atoms with Crippen molar-refractivity contribution in [3.63, 3.8) is 0 Å². The van der Waals surface area contributed by atoms with E-state index < -0.39 is 24.3 Å². The Bertz CT molecular complexity index is 867. The zero-order chi connectivity index (χ0) is 21.4. The summed E-state index contributed by atoms with van der Waals surface area (Å²) in [6.45, 7) is 1.17. The molecule has 0 saturated carbocycles. The second-order valence-corrected chi connectivity index (χ2v) is 5.94. The van der Waals surface area contributed by atoms with E-state index in [0.717, 1.165) is 18.2 Å². The molecule has 1 amide bonds. The number of Topliss-reactive ketones (excluding diaryl/α,β-unsaturated/α-hetero) is 1. The lowest BCUT2D eigenvalue weighted by Gasteiger charge is -2.16. The molecule has 6 nitrogen and oxygen atoms in total. The molecule has 2 aromatic rings. The maximum atomic E-state index is 13.0. The first-order valence-electron chi connectivity index (χ1n) is 8.58. The van der Waals surface area contributed by atoms with Crippen molar-refractivity contribution in [1.29, 1.82) is 0 Å². The van der Waals surface area contributed by atoms with Gasteiger partial charge in [0.15, 0.2) is 12.4 Å². The van der Waals surface area contributed by atoms with E-state index in [1.165, 1.54) is 20.1 Å². The summed E-state index contributed by atoms with van der Waals surface area (Å²) in [4.78, 5) is 23.8. The van der Waals surface area contributed by atoms with Crippen LogP contribution in [-0.4, -0.2) is 38.6 Å². The van der Waals surface area contributed by atoms with E-state index in [4.69, 9.17) is 14.2 Å². The van der Waals surface area contributed by atoms with Crippen LogP contribution in [0.4, 0.5) is 18.9 Å². The van der Waals surface area contributed by atoms with Gasteiger partial charge in [0, 0.05) is 7.11 Å². The molecule has 0 fully saturated rings. The summed E-state index contributed by atoms with van der Waals surface area (Å²) in [6.07, 6.45) is -4.58. The first-order valence-corrected chi connectivity index (χ1v) is 8.58. The van der Waals surface area contributed by atoms with Crippen LogP contribution in [0.15, 0.2) is 42.5 Å². The largest absolute Gasteiger partial charge is 0.489 e. The number of ether oxygens (including phenoxy) is 3. The lowest BCUT2D eigenvalue weighted by atomic mass is 10.1. The lowest BCUT2D eigenvalue weighted by molar-refractivity contribution is -0.137. The van der Waals surface area contributed by atoms with Crippen LogP contribution in [-0.2, 0) is 15.7 Å². The number of hydrogen-bond acceptors (Lipinski definition) is 5. The Kier molecular flexibility index (Phi) is 7.60. The predicted molar refractivity (Wildman–Crippen MR) is 99.4 cm³/mol. The quantitative estimate of drug-likeness (QED) is 0.500. The van der Waals surface area contributed by atoms with Crippen molar-refractivity contribution in [3.8, 4) is 11.5 Å². The van der Waals surface area contributed by atoms with Gasteiger partial charge in [0.25, 0.3) is 5.91 Å². The minimum Gasteiger partial charge on any atom is -0.489 e. The van der Waals surface area contributed by atoms with Crippen molar-refractivity contribution in [2.75, 3.05) is 32.2 Å². The Hall–Kier alpha value is -3.07. The smallest absolute Gasteiger partial charge is 0.416 e. The number of carbonyl (C=O) groups excluding carboxylic acids is 2. The Balaban J connectivity index is 2.14. The number of rotatable bonds is 9. The fourth-order valence-electron chi connectivity index (χ4n) is 2.38. The van der Waals surface area contributed by atoms with Gasteiger partial charge in [-0.05, 0) is 37.3 Å². The summed E-state index contributed by atoms with van der Waals surface area (Å²) in [5.41, 5.74) is -0.790. The van der Waals surface area contributed by atoms with E-state index >= 15 is 0 Å². The molecule has 29 heavy (non-hydrogen) atoms. The molecule has 0 aliphatic heterocycles. The summed E-state index contributed by atoms with van der Waals surface area (Å²) in [7, 11) is 1.45. The van der Waals surface area contributed by atoms with Crippen molar-refractivity contribution in [3.05, 3.63) is 53.6 Å². The molecule has 2 aromatic carbocycles. The highest BCUT2D eigenvalue weighted by Gasteiger charge is 2.31. The van der Waals surface area contributed by atoms with Crippen LogP contribution in [0.2, 0.25) is 0 Å². The second kappa shape index (κ2) is 9.92. The first-order chi connectivity index (χ1) is 13.7. The van der Waals surface area contributed by atoms with Gasteiger partial charge in [-0.25, -0.2) is 0 Å². The van der Waals surface area contributed by atoms with Gasteiger partial charge in [0.05, 0.1) is 23.4 Å². The molecule has 1 N–H and O–H groups in total. The van der Waals surface area contributed by atoms with Crippen molar-refractivity contribution in [2.24, 2.45) is 0 Å². The molecule has 2 rings (SSSR count). The standard InChI is InChI=1S/C20H20F3NO5/c1-13(25)15-5-3-4-6-17(15)29-12-19(26)24-16-11-14(20(21,22)23)7-8-18(16)28-10-9-27-2/h3-8,11H,9-10,12H2,1-2H3,(H,24,26). The summed E-state index contributed by atoms with van der Waals surface area (Å²) < 4.78 is 54.6. The number of carbonyl (C=O) groups is 2. The van der Waals surface area contributed by atoms with Gasteiger partial charge in [-0.1, -0.05) is 12.1 Å². The normalized spacial score (nSPS) is 11.1. The number of anilines is 1. The molecular weight excluding hydrogens is 391 g/mol. The van der Waals surface area contributed by atoms with Crippen molar-refractivity contribution >= 4 is 17.4 Å². The Labute approximate surface area is 165 Å². The van der Waals surface area contributed by atoms with E-state index in [1.807, 2.05) is 0 Å². The molecule has 0 aromatic heterocycles. The fraction of sp³-hybridized carbons (Fsp3) is 0.300. The van der Waals surface area contributed by atoms with Crippen molar-refractivity contribution in [2.45, 2.75) is 13.1 Å². The van der Waals surface area contributed by atoms with E-state index in [0.29, 0.717) is 5.56 Å². The molecule has 0 bridgehead atoms. The number of ketones is 1. The van der Waals surface area contributed by atoms with Gasteiger partial charge in [-0.3, -0.25) is 9.59 Å². The summed E-state index contributed by atoms with van der Waals surface area (Å²) in [5.74, 6) is -0.685. The third-order valence-electron chi connectivity index (χ3n) is 3.75. The second-order valence-electron chi connectivity index (χ2n) is 5.94. The molecule has 0 radical (unpaired) electrons. The van der Waals surface area contributed by atoms with E-state index in [-0.39, 0.29) is 36.2 Å². The number of amides is 1. The zero-order valence-corrected chi connectivity index (χ0v) is 15.8. The fourth-order valence-corrected chi connectivity index (χ4v) is 2.38. The molecule has 0 aliphatic rings. The van der Waals surface area contributed by atoms with Crippen molar-refractivity contribution in [1.82, 2.24) is 0 Å². The van der Waals surface area contributed by atoms with Gasteiger partial charge >= 0.3 is 6.18 Å². The highest BCUT2D eigenvalue weighted by molar-refractivity contribution is 5.97. The van der Waals surface area contributed by atoms with Crippen LogP contribution in [0.5, 0.6) is 11.5 Å². The van der Waals surface area contributed by atoms with Gasteiger partial charge in [0.1, 0.15) is 18.1 Å². The van der Waals surface area contributed by atoms with Gasteiger partial charge in [-0.2, -0.15) is 13.2 Å². The molecule has 9 heteroatoms. The Morgan fingerprint density at radius 2 is 1.72 bits per heavy atom. The molecular formula is C20H20F3NO5. The number of hydrogen-bond donors (Lipinski definition) is 1.